The smallest absolute Gasteiger partial charge is 0.161 e. The van der Waals surface area contributed by atoms with Gasteiger partial charge in [0.25, 0.3) is 0 Å². The number of fused-ring (bicyclic) bond motifs is 2. The molecule has 1 aromatic carbocycles. The molecule has 1 aromatic rings. The molecule has 3 heteroatoms. The standard InChI is InChI=1S/C17H23NO2/c1-2-19-16-5-3-4-6-17(16)20-10-9-13-11-14-7-8-15(12-13)18-14/h3-6,11,14-15,18H,2,7-10,12H2,1H3. The minimum atomic E-state index is 0.611. The molecule has 0 aliphatic carbocycles. The lowest BCUT2D eigenvalue weighted by Gasteiger charge is -2.21. The van der Waals surface area contributed by atoms with Gasteiger partial charge in [-0.05, 0) is 38.3 Å². The van der Waals surface area contributed by atoms with Gasteiger partial charge < -0.3 is 14.8 Å². The lowest BCUT2D eigenvalue weighted by atomic mass is 10.0. The van der Waals surface area contributed by atoms with Crippen LogP contribution in [0.4, 0.5) is 0 Å². The maximum absolute atomic E-state index is 5.90. The van der Waals surface area contributed by atoms with E-state index in [2.05, 4.69) is 11.4 Å². The van der Waals surface area contributed by atoms with Crippen molar-refractivity contribution in [3.05, 3.63) is 35.9 Å². The van der Waals surface area contributed by atoms with Crippen molar-refractivity contribution in [2.45, 2.75) is 44.7 Å². The van der Waals surface area contributed by atoms with Gasteiger partial charge in [-0.1, -0.05) is 23.8 Å². The molecule has 20 heavy (non-hydrogen) atoms. The summed E-state index contributed by atoms with van der Waals surface area (Å²) < 4.78 is 11.5. The first-order valence-corrected chi connectivity index (χ1v) is 7.65. The van der Waals surface area contributed by atoms with Gasteiger partial charge >= 0.3 is 0 Å². The molecule has 0 saturated carbocycles. The van der Waals surface area contributed by atoms with Crippen molar-refractivity contribution < 1.29 is 9.47 Å². The van der Waals surface area contributed by atoms with Crippen LogP contribution in [0.15, 0.2) is 35.9 Å². The van der Waals surface area contributed by atoms with Gasteiger partial charge in [-0.3, -0.25) is 0 Å². The predicted molar refractivity (Wildman–Crippen MR) is 80.4 cm³/mol. The summed E-state index contributed by atoms with van der Waals surface area (Å²) in [6.45, 7) is 3.39. The molecular weight excluding hydrogens is 250 g/mol. The lowest BCUT2D eigenvalue weighted by molar-refractivity contribution is 0.277. The zero-order chi connectivity index (χ0) is 13.8. The predicted octanol–water partition coefficient (Wildman–Crippen LogP) is 3.30. The number of hydrogen-bond acceptors (Lipinski definition) is 3. The quantitative estimate of drug-likeness (QED) is 0.807. The Morgan fingerprint density at radius 1 is 1.15 bits per heavy atom. The highest BCUT2D eigenvalue weighted by atomic mass is 16.5. The van der Waals surface area contributed by atoms with Gasteiger partial charge in [-0.25, -0.2) is 0 Å². The van der Waals surface area contributed by atoms with Gasteiger partial charge in [0, 0.05) is 18.5 Å². The summed E-state index contributed by atoms with van der Waals surface area (Å²) in [4.78, 5) is 0. The summed E-state index contributed by atoms with van der Waals surface area (Å²) in [6.07, 6.45) is 7.23. The van der Waals surface area contributed by atoms with Crippen LogP contribution >= 0.6 is 0 Å². The summed E-state index contributed by atoms with van der Waals surface area (Å²) in [5.41, 5.74) is 1.55. The van der Waals surface area contributed by atoms with Gasteiger partial charge in [0.05, 0.1) is 13.2 Å². The molecule has 1 saturated heterocycles. The van der Waals surface area contributed by atoms with Crippen molar-refractivity contribution in [2.75, 3.05) is 13.2 Å². The number of benzene rings is 1. The fraction of sp³-hybridized carbons (Fsp3) is 0.529. The van der Waals surface area contributed by atoms with Crippen molar-refractivity contribution in [3.63, 3.8) is 0 Å². The molecule has 2 aliphatic heterocycles. The highest BCUT2D eigenvalue weighted by Gasteiger charge is 2.27. The van der Waals surface area contributed by atoms with Crippen LogP contribution in [0.2, 0.25) is 0 Å². The van der Waals surface area contributed by atoms with E-state index in [1.165, 1.54) is 19.3 Å². The van der Waals surface area contributed by atoms with E-state index in [4.69, 9.17) is 9.47 Å². The molecule has 108 valence electrons. The number of para-hydroxylation sites is 2. The number of hydrogen-bond donors (Lipinski definition) is 1. The monoisotopic (exact) mass is 273 g/mol. The van der Waals surface area contributed by atoms with E-state index < -0.39 is 0 Å². The van der Waals surface area contributed by atoms with E-state index >= 15 is 0 Å². The van der Waals surface area contributed by atoms with Crippen LogP contribution < -0.4 is 14.8 Å². The molecular formula is C17H23NO2. The second-order valence-corrected chi connectivity index (χ2v) is 5.55. The van der Waals surface area contributed by atoms with E-state index in [-0.39, 0.29) is 0 Å². The molecule has 2 atom stereocenters. The molecule has 2 bridgehead atoms. The lowest BCUT2D eigenvalue weighted by Crippen LogP contribution is -2.32. The zero-order valence-electron chi connectivity index (χ0n) is 12.1. The average molecular weight is 273 g/mol. The third kappa shape index (κ3) is 3.15. The minimum Gasteiger partial charge on any atom is -0.490 e. The molecule has 0 spiro atoms. The molecule has 3 rings (SSSR count). The van der Waals surface area contributed by atoms with Crippen LogP contribution in [-0.2, 0) is 0 Å². The molecule has 1 fully saturated rings. The second kappa shape index (κ2) is 6.31. The topological polar surface area (TPSA) is 30.5 Å². The van der Waals surface area contributed by atoms with Gasteiger partial charge in [0.2, 0.25) is 0 Å². The second-order valence-electron chi connectivity index (χ2n) is 5.55. The van der Waals surface area contributed by atoms with Crippen molar-refractivity contribution in [1.82, 2.24) is 5.32 Å². The fourth-order valence-electron chi connectivity index (χ4n) is 3.13. The summed E-state index contributed by atoms with van der Waals surface area (Å²) in [5.74, 6) is 1.70. The van der Waals surface area contributed by atoms with E-state index in [0.717, 1.165) is 24.5 Å². The van der Waals surface area contributed by atoms with E-state index in [0.29, 0.717) is 18.7 Å². The van der Waals surface area contributed by atoms with E-state index in [1.807, 2.05) is 31.2 Å². The Balaban J connectivity index is 1.53. The van der Waals surface area contributed by atoms with Gasteiger partial charge in [0.15, 0.2) is 11.5 Å². The normalized spacial score (nSPS) is 24.4. The highest BCUT2D eigenvalue weighted by molar-refractivity contribution is 5.39. The van der Waals surface area contributed by atoms with Crippen LogP contribution in [0.25, 0.3) is 0 Å². The van der Waals surface area contributed by atoms with Crippen molar-refractivity contribution in [2.24, 2.45) is 0 Å². The molecule has 0 radical (unpaired) electrons. The van der Waals surface area contributed by atoms with Crippen LogP contribution in [0.3, 0.4) is 0 Å². The van der Waals surface area contributed by atoms with Crippen LogP contribution in [0.5, 0.6) is 11.5 Å². The first-order valence-electron chi connectivity index (χ1n) is 7.65. The first kappa shape index (κ1) is 13.5. The Morgan fingerprint density at radius 3 is 2.70 bits per heavy atom. The van der Waals surface area contributed by atoms with E-state index in [9.17, 15) is 0 Å². The summed E-state index contributed by atoms with van der Waals surface area (Å²) >= 11 is 0. The Labute approximate surface area is 121 Å². The van der Waals surface area contributed by atoms with Gasteiger partial charge in [0.1, 0.15) is 0 Å². The number of ether oxygens (including phenoxy) is 2. The molecule has 2 heterocycles. The minimum absolute atomic E-state index is 0.611. The summed E-state index contributed by atoms with van der Waals surface area (Å²) in [5, 5.41) is 3.62. The SMILES string of the molecule is CCOc1ccccc1OCCC1=CC2CCC(C1)N2. The number of rotatable bonds is 6. The largest absolute Gasteiger partial charge is 0.490 e. The maximum atomic E-state index is 5.90. The Morgan fingerprint density at radius 2 is 1.95 bits per heavy atom. The molecule has 1 N–H and O–H groups in total. The molecule has 2 aliphatic rings. The number of nitrogens with one attached hydrogen (secondary N) is 1. The zero-order valence-corrected chi connectivity index (χ0v) is 12.1. The Bertz CT molecular complexity index is 484. The third-order valence-corrected chi connectivity index (χ3v) is 4.05. The van der Waals surface area contributed by atoms with Crippen LogP contribution in [-0.4, -0.2) is 25.3 Å². The van der Waals surface area contributed by atoms with E-state index in [1.54, 1.807) is 5.57 Å². The maximum Gasteiger partial charge on any atom is 0.161 e. The van der Waals surface area contributed by atoms with Gasteiger partial charge in [-0.2, -0.15) is 0 Å². The molecule has 0 aromatic heterocycles. The van der Waals surface area contributed by atoms with Crippen molar-refractivity contribution in [1.29, 1.82) is 0 Å². The Hall–Kier alpha value is -1.48. The van der Waals surface area contributed by atoms with Crippen molar-refractivity contribution in [3.8, 4) is 11.5 Å². The molecule has 0 amide bonds. The third-order valence-electron chi connectivity index (χ3n) is 4.05. The highest BCUT2D eigenvalue weighted by Crippen LogP contribution is 2.29. The fourth-order valence-corrected chi connectivity index (χ4v) is 3.13. The van der Waals surface area contributed by atoms with Crippen LogP contribution in [0, 0.1) is 0 Å². The van der Waals surface area contributed by atoms with Crippen LogP contribution in [0.1, 0.15) is 32.6 Å². The Kier molecular flexibility index (Phi) is 4.26. The molecule has 3 nitrogen and oxygen atoms in total. The van der Waals surface area contributed by atoms with Gasteiger partial charge in [-0.15, -0.1) is 0 Å². The molecule has 2 unspecified atom stereocenters. The summed E-state index contributed by atoms with van der Waals surface area (Å²) in [7, 11) is 0. The average Bonchev–Trinajstić information content (AvgIpc) is 2.80. The summed E-state index contributed by atoms with van der Waals surface area (Å²) in [6, 6.07) is 9.22. The van der Waals surface area contributed by atoms with Crippen molar-refractivity contribution >= 4 is 0 Å². The first-order chi connectivity index (χ1) is 9.85.